The topological polar surface area (TPSA) is 56.7 Å². The zero-order valence-corrected chi connectivity index (χ0v) is 16.1. The highest BCUT2D eigenvalue weighted by atomic mass is 16.3. The van der Waals surface area contributed by atoms with E-state index in [2.05, 4.69) is 24.0 Å². The van der Waals surface area contributed by atoms with Gasteiger partial charge in [0.15, 0.2) is 0 Å². The molecule has 5 heteroatoms. The number of benzene rings is 1. The van der Waals surface area contributed by atoms with Gasteiger partial charge in [-0.05, 0) is 50.4 Å². The molecule has 0 saturated carbocycles. The van der Waals surface area contributed by atoms with Crippen molar-refractivity contribution in [3.05, 3.63) is 42.1 Å². The molecule has 2 saturated heterocycles. The van der Waals surface area contributed by atoms with Gasteiger partial charge >= 0.3 is 0 Å². The van der Waals surface area contributed by atoms with E-state index in [0.717, 1.165) is 35.6 Å². The first-order chi connectivity index (χ1) is 13.1. The Balaban J connectivity index is 1.35. The van der Waals surface area contributed by atoms with Gasteiger partial charge in [-0.3, -0.25) is 14.7 Å². The van der Waals surface area contributed by atoms with Crippen molar-refractivity contribution < 1.29 is 9.90 Å². The van der Waals surface area contributed by atoms with Crippen molar-refractivity contribution in [2.45, 2.75) is 32.3 Å². The van der Waals surface area contributed by atoms with Gasteiger partial charge in [-0.1, -0.05) is 31.2 Å². The summed E-state index contributed by atoms with van der Waals surface area (Å²) in [7, 11) is 0. The van der Waals surface area contributed by atoms with E-state index in [1.54, 1.807) is 0 Å². The molecule has 5 nitrogen and oxygen atoms in total. The minimum Gasteiger partial charge on any atom is -0.391 e. The SMILES string of the molecule is CC1CCN(CC(=O)N2CC(O)C(Cc3ccc4ccccc4n3)C2)CC1. The summed E-state index contributed by atoms with van der Waals surface area (Å²) in [5.74, 6) is 0.977. The average Bonchev–Trinajstić information content (AvgIpc) is 3.04. The van der Waals surface area contributed by atoms with Crippen LogP contribution in [0.5, 0.6) is 0 Å². The fraction of sp³-hybridized carbons (Fsp3) is 0.545. The van der Waals surface area contributed by atoms with Gasteiger partial charge < -0.3 is 10.0 Å². The summed E-state index contributed by atoms with van der Waals surface area (Å²) >= 11 is 0. The number of carbonyl (C=O) groups excluding carboxylic acids is 1. The zero-order valence-electron chi connectivity index (χ0n) is 16.1. The molecule has 1 aromatic carbocycles. The van der Waals surface area contributed by atoms with Crippen LogP contribution in [0.1, 0.15) is 25.5 Å². The number of amides is 1. The largest absolute Gasteiger partial charge is 0.391 e. The predicted octanol–water partition coefficient (Wildman–Crippen LogP) is 2.33. The molecule has 2 unspecified atom stereocenters. The second kappa shape index (κ2) is 7.95. The number of rotatable bonds is 4. The van der Waals surface area contributed by atoms with Crippen LogP contribution in [-0.4, -0.2) is 64.6 Å². The molecule has 4 rings (SSSR count). The molecular formula is C22H29N3O2. The van der Waals surface area contributed by atoms with Crippen molar-refractivity contribution >= 4 is 16.8 Å². The van der Waals surface area contributed by atoms with Crippen molar-refractivity contribution in [3.63, 3.8) is 0 Å². The number of piperidine rings is 1. The lowest BCUT2D eigenvalue weighted by Crippen LogP contribution is -2.42. The number of aliphatic hydroxyl groups excluding tert-OH is 1. The number of hydrogen-bond donors (Lipinski definition) is 1. The number of aliphatic hydroxyl groups is 1. The molecule has 0 spiro atoms. The average molecular weight is 367 g/mol. The maximum Gasteiger partial charge on any atom is 0.236 e. The van der Waals surface area contributed by atoms with Crippen molar-refractivity contribution in [2.75, 3.05) is 32.7 Å². The van der Waals surface area contributed by atoms with Crippen LogP contribution in [0.2, 0.25) is 0 Å². The quantitative estimate of drug-likeness (QED) is 0.901. The summed E-state index contributed by atoms with van der Waals surface area (Å²) in [4.78, 5) is 21.5. The van der Waals surface area contributed by atoms with Gasteiger partial charge in [0.25, 0.3) is 0 Å². The van der Waals surface area contributed by atoms with E-state index < -0.39 is 6.10 Å². The lowest BCUT2D eigenvalue weighted by molar-refractivity contribution is -0.132. The highest BCUT2D eigenvalue weighted by Gasteiger charge is 2.34. The lowest BCUT2D eigenvalue weighted by atomic mass is 9.99. The summed E-state index contributed by atoms with van der Waals surface area (Å²) in [5.41, 5.74) is 1.96. The van der Waals surface area contributed by atoms with Crippen LogP contribution < -0.4 is 0 Å². The standard InChI is InChI=1S/C22H29N3O2/c1-16-8-10-24(11-9-16)15-22(27)25-13-18(21(26)14-25)12-19-7-6-17-4-2-3-5-20(17)23-19/h2-7,16,18,21,26H,8-15H2,1H3. The molecule has 0 bridgehead atoms. The fourth-order valence-corrected chi connectivity index (χ4v) is 4.26. The number of carbonyl (C=O) groups is 1. The Morgan fingerprint density at radius 1 is 1.15 bits per heavy atom. The molecule has 0 aliphatic carbocycles. The highest BCUT2D eigenvalue weighted by molar-refractivity contribution is 5.79. The number of nitrogens with zero attached hydrogens (tertiary/aromatic N) is 3. The third kappa shape index (κ3) is 4.30. The van der Waals surface area contributed by atoms with E-state index in [1.165, 1.54) is 12.8 Å². The van der Waals surface area contributed by atoms with Gasteiger partial charge in [-0.2, -0.15) is 0 Å². The molecule has 0 radical (unpaired) electrons. The molecule has 27 heavy (non-hydrogen) atoms. The molecule has 144 valence electrons. The number of fused-ring (bicyclic) bond motifs is 1. The fourth-order valence-electron chi connectivity index (χ4n) is 4.26. The first kappa shape index (κ1) is 18.4. The number of para-hydroxylation sites is 1. The van der Waals surface area contributed by atoms with Gasteiger partial charge in [-0.15, -0.1) is 0 Å². The monoisotopic (exact) mass is 367 g/mol. The molecule has 1 amide bonds. The second-order valence-electron chi connectivity index (χ2n) is 8.28. The van der Waals surface area contributed by atoms with Gasteiger partial charge in [0.2, 0.25) is 5.91 Å². The number of pyridine rings is 1. The Morgan fingerprint density at radius 2 is 1.93 bits per heavy atom. The van der Waals surface area contributed by atoms with Crippen LogP contribution in [0, 0.1) is 11.8 Å². The van der Waals surface area contributed by atoms with Crippen molar-refractivity contribution in [2.24, 2.45) is 11.8 Å². The molecule has 2 atom stereocenters. The van der Waals surface area contributed by atoms with Crippen LogP contribution in [0.15, 0.2) is 36.4 Å². The Hall–Kier alpha value is -1.98. The third-order valence-corrected chi connectivity index (χ3v) is 6.12. The minimum atomic E-state index is -0.469. The van der Waals surface area contributed by atoms with Crippen LogP contribution in [0.4, 0.5) is 0 Å². The summed E-state index contributed by atoms with van der Waals surface area (Å²) < 4.78 is 0. The molecule has 1 aromatic heterocycles. The van der Waals surface area contributed by atoms with E-state index in [9.17, 15) is 9.90 Å². The number of likely N-dealkylation sites (tertiary alicyclic amines) is 2. The van der Waals surface area contributed by atoms with Crippen molar-refractivity contribution in [3.8, 4) is 0 Å². The van der Waals surface area contributed by atoms with Crippen LogP contribution in [0.3, 0.4) is 0 Å². The first-order valence-electron chi connectivity index (χ1n) is 10.1. The summed E-state index contributed by atoms with van der Waals surface area (Å²) in [5, 5.41) is 11.6. The van der Waals surface area contributed by atoms with E-state index in [-0.39, 0.29) is 11.8 Å². The third-order valence-electron chi connectivity index (χ3n) is 6.12. The zero-order chi connectivity index (χ0) is 18.8. The number of hydrogen-bond acceptors (Lipinski definition) is 4. The Morgan fingerprint density at radius 3 is 2.74 bits per heavy atom. The Bertz CT molecular complexity index is 801. The molecule has 2 aliphatic rings. The molecule has 2 aromatic rings. The van der Waals surface area contributed by atoms with Crippen LogP contribution >= 0.6 is 0 Å². The van der Waals surface area contributed by atoms with E-state index in [0.29, 0.717) is 26.1 Å². The Labute approximate surface area is 161 Å². The normalized spacial score (nSPS) is 24.6. The van der Waals surface area contributed by atoms with Crippen LogP contribution in [0.25, 0.3) is 10.9 Å². The molecular weight excluding hydrogens is 338 g/mol. The van der Waals surface area contributed by atoms with Crippen molar-refractivity contribution in [1.29, 1.82) is 0 Å². The molecule has 1 N–H and O–H groups in total. The second-order valence-corrected chi connectivity index (χ2v) is 8.28. The first-order valence-corrected chi connectivity index (χ1v) is 10.1. The van der Waals surface area contributed by atoms with Gasteiger partial charge in [0, 0.05) is 30.1 Å². The predicted molar refractivity (Wildman–Crippen MR) is 106 cm³/mol. The molecule has 2 aliphatic heterocycles. The lowest BCUT2D eigenvalue weighted by Gasteiger charge is -2.30. The number of aromatic nitrogens is 1. The van der Waals surface area contributed by atoms with Gasteiger partial charge in [0.05, 0.1) is 18.2 Å². The molecule has 2 fully saturated rings. The van der Waals surface area contributed by atoms with E-state index in [4.69, 9.17) is 4.98 Å². The maximum atomic E-state index is 12.7. The minimum absolute atomic E-state index is 0.0593. The Kier molecular flexibility index (Phi) is 5.41. The van der Waals surface area contributed by atoms with Gasteiger partial charge in [0.1, 0.15) is 0 Å². The van der Waals surface area contributed by atoms with Gasteiger partial charge in [-0.25, -0.2) is 0 Å². The van der Waals surface area contributed by atoms with E-state index >= 15 is 0 Å². The van der Waals surface area contributed by atoms with Crippen LogP contribution in [-0.2, 0) is 11.2 Å². The number of β-amino-alcohol motifs (C(OH)–C–C–N with tert-alkyl or cyclic N) is 1. The summed E-state index contributed by atoms with van der Waals surface area (Å²) in [6.07, 6.45) is 2.58. The molecule has 3 heterocycles. The summed E-state index contributed by atoms with van der Waals surface area (Å²) in [6.45, 7) is 5.85. The maximum absolute atomic E-state index is 12.7. The van der Waals surface area contributed by atoms with E-state index in [1.807, 2.05) is 29.2 Å². The van der Waals surface area contributed by atoms with Crippen molar-refractivity contribution in [1.82, 2.24) is 14.8 Å². The highest BCUT2D eigenvalue weighted by Crippen LogP contribution is 2.23. The summed E-state index contributed by atoms with van der Waals surface area (Å²) in [6, 6.07) is 12.2. The smallest absolute Gasteiger partial charge is 0.236 e.